The number of carbonyl (C=O) groups excluding carboxylic acids is 2. The van der Waals surface area contributed by atoms with Gasteiger partial charge in [0.25, 0.3) is 0 Å². The molecule has 2 rings (SSSR count). The molecule has 1 unspecified atom stereocenters. The van der Waals surface area contributed by atoms with Gasteiger partial charge in [-0.25, -0.2) is 9.59 Å². The number of oxime groups is 1. The van der Waals surface area contributed by atoms with Gasteiger partial charge in [-0.1, -0.05) is 16.9 Å². The summed E-state index contributed by atoms with van der Waals surface area (Å²) in [6, 6.07) is 0. The molecular weight excluding hydrogens is 348 g/mol. The fraction of sp³-hybridized carbons (Fsp3) is 0.375. The van der Waals surface area contributed by atoms with Crippen LogP contribution in [0.1, 0.15) is 37.7 Å². The summed E-state index contributed by atoms with van der Waals surface area (Å²) in [4.78, 5) is 29.1. The predicted molar refractivity (Wildman–Crippen MR) is 91.0 cm³/mol. The van der Waals surface area contributed by atoms with Gasteiger partial charge in [-0.2, -0.15) is 0 Å². The van der Waals surface area contributed by atoms with Gasteiger partial charge in [0, 0.05) is 12.7 Å². The summed E-state index contributed by atoms with van der Waals surface area (Å²) in [5.74, 6) is -1.38. The number of hydrogen-bond donors (Lipinski definition) is 1. The first-order valence-corrected chi connectivity index (χ1v) is 8.06. The minimum atomic E-state index is -1.44. The summed E-state index contributed by atoms with van der Waals surface area (Å²) >= 11 is 1.11. The number of aromatic nitrogens is 1. The molecule has 8 nitrogen and oxygen atoms in total. The van der Waals surface area contributed by atoms with Crippen LogP contribution in [-0.4, -0.2) is 48.5 Å². The maximum atomic E-state index is 12.4. The van der Waals surface area contributed by atoms with Crippen molar-refractivity contribution in [2.75, 3.05) is 21.3 Å². The quantitative estimate of drug-likeness (QED) is 0.491. The topological polar surface area (TPSA) is 107 Å². The van der Waals surface area contributed by atoms with E-state index in [4.69, 9.17) is 14.2 Å². The van der Waals surface area contributed by atoms with Gasteiger partial charge < -0.3 is 19.4 Å². The average molecular weight is 366 g/mol. The first-order valence-electron chi connectivity index (χ1n) is 7.18. The maximum absolute atomic E-state index is 12.4. The second kappa shape index (κ2) is 7.24. The number of aryl methyl sites for hydroxylation is 2. The lowest BCUT2D eigenvalue weighted by molar-refractivity contribution is 0.0552. The lowest BCUT2D eigenvalue weighted by Gasteiger charge is -2.30. The molecule has 1 atom stereocenters. The zero-order chi connectivity index (χ0) is 18.8. The van der Waals surface area contributed by atoms with E-state index in [9.17, 15) is 14.8 Å². The maximum Gasteiger partial charge on any atom is 0.340 e. The van der Waals surface area contributed by atoms with Crippen LogP contribution in [0.3, 0.4) is 0 Å². The Hall–Kier alpha value is -2.39. The molecule has 0 aromatic carbocycles. The van der Waals surface area contributed by atoms with Gasteiger partial charge >= 0.3 is 11.9 Å². The van der Waals surface area contributed by atoms with Crippen molar-refractivity contribution in [3.63, 3.8) is 0 Å². The van der Waals surface area contributed by atoms with E-state index in [1.54, 1.807) is 25.3 Å². The molecule has 0 bridgehead atoms. The largest absolute Gasteiger partial charge is 0.465 e. The fourth-order valence-corrected chi connectivity index (χ4v) is 3.69. The molecule has 1 aromatic heterocycles. The van der Waals surface area contributed by atoms with Crippen molar-refractivity contribution in [3.05, 3.63) is 39.6 Å². The zero-order valence-electron chi connectivity index (χ0n) is 14.4. The summed E-state index contributed by atoms with van der Waals surface area (Å²) in [7, 11) is 3.83. The summed E-state index contributed by atoms with van der Waals surface area (Å²) in [6.07, 6.45) is 1.60. The number of esters is 2. The number of pyridine rings is 1. The highest BCUT2D eigenvalue weighted by atomic mass is 32.2. The molecule has 9 heteroatoms. The van der Waals surface area contributed by atoms with Crippen LogP contribution >= 0.6 is 11.8 Å². The van der Waals surface area contributed by atoms with Gasteiger partial charge in [0.2, 0.25) is 0 Å². The number of ether oxygens (including phenoxy) is 3. The highest BCUT2D eigenvalue weighted by Crippen LogP contribution is 2.44. The van der Waals surface area contributed by atoms with Gasteiger partial charge in [-0.15, -0.1) is 0 Å². The molecule has 1 aliphatic rings. The van der Waals surface area contributed by atoms with Crippen molar-refractivity contribution in [1.82, 2.24) is 4.98 Å². The monoisotopic (exact) mass is 366 g/mol. The number of rotatable bonds is 4. The molecular formula is C16H18N2O6S. The summed E-state index contributed by atoms with van der Waals surface area (Å²) in [6.45, 7) is 3.24. The average Bonchev–Trinajstić information content (AvgIpc) is 3.03. The Kier molecular flexibility index (Phi) is 5.48. The van der Waals surface area contributed by atoms with Gasteiger partial charge in [-0.05, 0) is 25.3 Å². The molecule has 25 heavy (non-hydrogen) atoms. The van der Waals surface area contributed by atoms with E-state index < -0.39 is 17.5 Å². The third-order valence-corrected chi connectivity index (χ3v) is 4.80. The third kappa shape index (κ3) is 2.89. The molecule has 0 radical (unpaired) electrons. The first kappa shape index (κ1) is 18.9. The molecule has 0 spiro atoms. The molecule has 0 fully saturated rings. The van der Waals surface area contributed by atoms with Gasteiger partial charge in [-0.3, -0.25) is 4.98 Å². The number of hydrogen-bond acceptors (Lipinski definition) is 9. The molecule has 134 valence electrons. The summed E-state index contributed by atoms with van der Waals surface area (Å²) < 4.78 is 15.4. The van der Waals surface area contributed by atoms with Crippen molar-refractivity contribution in [1.29, 1.82) is 0 Å². The van der Waals surface area contributed by atoms with Crippen LogP contribution in [0.2, 0.25) is 0 Å². The van der Waals surface area contributed by atoms with Crippen LogP contribution in [0.5, 0.6) is 0 Å². The Balaban J connectivity index is 3.01. The van der Waals surface area contributed by atoms with E-state index in [0.29, 0.717) is 11.4 Å². The van der Waals surface area contributed by atoms with Crippen LogP contribution in [-0.2, 0) is 19.8 Å². The zero-order valence-corrected chi connectivity index (χ0v) is 15.3. The third-order valence-electron chi connectivity index (χ3n) is 3.92. The molecule has 1 aliphatic heterocycles. The Morgan fingerprint density at radius 2 is 1.64 bits per heavy atom. The fourth-order valence-electron chi connectivity index (χ4n) is 2.82. The number of thioether (sulfide) groups is 1. The molecule has 1 N–H and O–H groups in total. The normalized spacial score (nSPS) is 20.8. The molecule has 1 aromatic rings. The van der Waals surface area contributed by atoms with E-state index in [0.717, 1.165) is 11.8 Å². The minimum Gasteiger partial charge on any atom is -0.465 e. The van der Waals surface area contributed by atoms with Crippen LogP contribution in [0, 0.1) is 13.8 Å². The van der Waals surface area contributed by atoms with Crippen LogP contribution in [0.4, 0.5) is 0 Å². The molecule has 0 saturated carbocycles. The Bertz CT molecular complexity index is 749. The van der Waals surface area contributed by atoms with Crippen LogP contribution in [0.25, 0.3) is 0 Å². The van der Waals surface area contributed by atoms with Gasteiger partial charge in [0.05, 0.1) is 36.7 Å². The Morgan fingerprint density at radius 3 is 2.04 bits per heavy atom. The second-order valence-electron chi connectivity index (χ2n) is 5.16. The van der Waals surface area contributed by atoms with Crippen molar-refractivity contribution >= 4 is 28.7 Å². The number of methoxy groups -OCH3 is 3. The van der Waals surface area contributed by atoms with Crippen molar-refractivity contribution in [2.24, 2.45) is 5.16 Å². The summed E-state index contributed by atoms with van der Waals surface area (Å²) in [5.41, 5.74) is -0.442. The van der Waals surface area contributed by atoms with Crippen LogP contribution in [0.15, 0.2) is 16.6 Å². The molecule has 0 amide bonds. The van der Waals surface area contributed by atoms with E-state index in [1.807, 2.05) is 0 Å². The van der Waals surface area contributed by atoms with Crippen molar-refractivity contribution in [3.8, 4) is 0 Å². The smallest absolute Gasteiger partial charge is 0.340 e. The predicted octanol–water partition coefficient (Wildman–Crippen LogP) is 2.16. The summed E-state index contributed by atoms with van der Waals surface area (Å²) in [5, 5.41) is 14.5. The lowest BCUT2D eigenvalue weighted by atomic mass is 9.85. The van der Waals surface area contributed by atoms with E-state index in [2.05, 4.69) is 10.1 Å². The van der Waals surface area contributed by atoms with Crippen molar-refractivity contribution in [2.45, 2.75) is 19.4 Å². The number of carbonyl (C=O) groups is 2. The minimum absolute atomic E-state index is 0.0589. The molecule has 2 heterocycles. The van der Waals surface area contributed by atoms with Gasteiger partial charge in [0.15, 0.2) is 10.6 Å². The highest BCUT2D eigenvalue weighted by Gasteiger charge is 2.47. The Morgan fingerprint density at radius 1 is 1.12 bits per heavy atom. The van der Waals surface area contributed by atoms with Crippen LogP contribution < -0.4 is 0 Å². The van der Waals surface area contributed by atoms with E-state index >= 15 is 0 Å². The lowest BCUT2D eigenvalue weighted by Crippen LogP contribution is -2.37. The number of nitrogens with zero attached hydrogens (tertiary/aromatic N) is 2. The SMILES string of the molecule is COC(=O)c1c(C)nc(C)c(C(=O)OC)c1C1(OC)C=CS/C1=N/O. The molecule has 0 aliphatic carbocycles. The molecule has 0 saturated heterocycles. The van der Waals surface area contributed by atoms with E-state index in [1.165, 1.54) is 21.3 Å². The standard InChI is InChI=1S/C16H18N2O6S/c1-8-10(13(19)22-3)12(11(9(2)17-8)14(20)23-4)16(24-5)6-7-25-15(16)18-21/h6-7,21H,1-5H3/b18-15+. The van der Waals surface area contributed by atoms with Crippen molar-refractivity contribution < 1.29 is 29.0 Å². The Labute approximate surface area is 148 Å². The highest BCUT2D eigenvalue weighted by molar-refractivity contribution is 8.17. The van der Waals surface area contributed by atoms with Gasteiger partial charge in [0.1, 0.15) is 0 Å². The van der Waals surface area contributed by atoms with E-state index in [-0.39, 0.29) is 21.7 Å². The first-order chi connectivity index (χ1) is 11.9. The second-order valence-corrected chi connectivity index (χ2v) is 6.05.